The fourth-order valence-corrected chi connectivity index (χ4v) is 2.74. The number of rotatable bonds is 2. The van der Waals surface area contributed by atoms with Crippen molar-refractivity contribution in [1.29, 1.82) is 0 Å². The zero-order chi connectivity index (χ0) is 15.8. The number of hydrogen-bond acceptors (Lipinski definition) is 4. The van der Waals surface area contributed by atoms with Gasteiger partial charge >= 0.3 is 0 Å². The van der Waals surface area contributed by atoms with E-state index in [2.05, 4.69) is 41.8 Å². The molecular formula is C15H17Br2N3O. The van der Waals surface area contributed by atoms with Gasteiger partial charge in [0.15, 0.2) is 0 Å². The molecule has 0 saturated carbocycles. The molecule has 0 aliphatic rings. The van der Waals surface area contributed by atoms with E-state index in [-0.39, 0.29) is 5.41 Å². The minimum absolute atomic E-state index is 0.198. The highest BCUT2D eigenvalue weighted by molar-refractivity contribution is 9.11. The van der Waals surface area contributed by atoms with Gasteiger partial charge in [0.1, 0.15) is 17.4 Å². The van der Waals surface area contributed by atoms with Crippen molar-refractivity contribution >= 4 is 37.7 Å². The average Bonchev–Trinajstić information content (AvgIpc) is 2.36. The number of anilines is 1. The largest absolute Gasteiger partial charge is 0.437 e. The molecule has 0 saturated heterocycles. The lowest BCUT2D eigenvalue weighted by Crippen LogP contribution is -2.18. The van der Waals surface area contributed by atoms with Gasteiger partial charge in [-0.05, 0) is 41.1 Å². The zero-order valence-corrected chi connectivity index (χ0v) is 15.5. The van der Waals surface area contributed by atoms with Crippen LogP contribution in [0.1, 0.15) is 32.2 Å². The van der Waals surface area contributed by atoms with Crippen molar-refractivity contribution in [3.8, 4) is 11.6 Å². The third-order valence-corrected chi connectivity index (χ3v) is 4.02. The summed E-state index contributed by atoms with van der Waals surface area (Å²) >= 11 is 6.89. The first-order valence-corrected chi connectivity index (χ1v) is 8.04. The average molecular weight is 415 g/mol. The van der Waals surface area contributed by atoms with Crippen molar-refractivity contribution in [2.24, 2.45) is 0 Å². The molecule has 0 spiro atoms. The summed E-state index contributed by atoms with van der Waals surface area (Å²) in [5.41, 5.74) is 6.52. The summed E-state index contributed by atoms with van der Waals surface area (Å²) in [5.74, 6) is 2.27. The van der Waals surface area contributed by atoms with Gasteiger partial charge in [0.2, 0.25) is 5.88 Å². The van der Waals surface area contributed by atoms with Crippen LogP contribution in [0.4, 0.5) is 5.82 Å². The molecular weight excluding hydrogens is 398 g/mol. The fraction of sp³-hybridized carbons (Fsp3) is 0.333. The van der Waals surface area contributed by atoms with Crippen molar-refractivity contribution < 1.29 is 4.74 Å². The first-order chi connectivity index (χ1) is 9.68. The maximum absolute atomic E-state index is 5.98. The lowest BCUT2D eigenvalue weighted by Gasteiger charge is -2.19. The first-order valence-electron chi connectivity index (χ1n) is 6.46. The maximum atomic E-state index is 5.98. The molecule has 0 amide bonds. The molecule has 2 N–H and O–H groups in total. The maximum Gasteiger partial charge on any atom is 0.227 e. The number of nitrogen functional groups attached to an aromatic ring is 1. The van der Waals surface area contributed by atoms with Crippen LogP contribution < -0.4 is 10.5 Å². The van der Waals surface area contributed by atoms with Gasteiger partial charge in [0, 0.05) is 9.89 Å². The molecule has 4 nitrogen and oxygen atoms in total. The molecule has 112 valence electrons. The highest BCUT2D eigenvalue weighted by atomic mass is 79.9. The Bertz CT molecular complexity index is 681. The summed E-state index contributed by atoms with van der Waals surface area (Å²) in [6.07, 6.45) is 0. The molecule has 0 aliphatic heterocycles. The van der Waals surface area contributed by atoms with Crippen LogP contribution in [0, 0.1) is 6.92 Å². The van der Waals surface area contributed by atoms with E-state index in [0.29, 0.717) is 23.3 Å². The molecule has 21 heavy (non-hydrogen) atoms. The first kappa shape index (κ1) is 16.2. The number of halogens is 2. The van der Waals surface area contributed by atoms with Crippen LogP contribution in [-0.4, -0.2) is 9.97 Å². The Hall–Kier alpha value is -1.14. The summed E-state index contributed by atoms with van der Waals surface area (Å²) in [7, 11) is 0. The van der Waals surface area contributed by atoms with Crippen molar-refractivity contribution in [1.82, 2.24) is 9.97 Å². The van der Waals surface area contributed by atoms with E-state index >= 15 is 0 Å². The molecule has 0 fully saturated rings. The van der Waals surface area contributed by atoms with Crippen molar-refractivity contribution in [2.45, 2.75) is 33.1 Å². The Labute approximate surface area is 141 Å². The molecule has 0 bridgehead atoms. The molecule has 0 aliphatic carbocycles. The van der Waals surface area contributed by atoms with Gasteiger partial charge in [-0.2, -0.15) is 4.98 Å². The van der Waals surface area contributed by atoms with E-state index < -0.39 is 0 Å². The van der Waals surface area contributed by atoms with Gasteiger partial charge in [-0.3, -0.25) is 0 Å². The number of nitrogens with zero attached hydrogens (tertiary/aromatic N) is 2. The van der Waals surface area contributed by atoms with E-state index in [0.717, 1.165) is 14.5 Å². The Kier molecular flexibility index (Phi) is 4.58. The van der Waals surface area contributed by atoms with Crippen molar-refractivity contribution in [3.63, 3.8) is 0 Å². The van der Waals surface area contributed by atoms with Crippen LogP contribution in [0.5, 0.6) is 11.6 Å². The predicted octanol–water partition coefficient (Wildman–Crippen LogP) is 4.98. The Morgan fingerprint density at radius 3 is 2.38 bits per heavy atom. The molecule has 2 rings (SSSR count). The topological polar surface area (TPSA) is 61.0 Å². The van der Waals surface area contributed by atoms with E-state index in [1.54, 1.807) is 0 Å². The van der Waals surface area contributed by atoms with Gasteiger partial charge in [0.05, 0.1) is 10.0 Å². The predicted molar refractivity (Wildman–Crippen MR) is 91.8 cm³/mol. The van der Waals surface area contributed by atoms with E-state index in [1.807, 2.05) is 45.9 Å². The number of nitrogens with two attached hydrogens (primary N) is 1. The highest BCUT2D eigenvalue weighted by Crippen LogP contribution is 2.34. The molecule has 0 unspecified atom stereocenters. The zero-order valence-electron chi connectivity index (χ0n) is 12.4. The van der Waals surface area contributed by atoms with Crippen molar-refractivity contribution in [2.75, 3.05) is 5.73 Å². The molecule has 1 aromatic carbocycles. The quantitative estimate of drug-likeness (QED) is 0.752. The Morgan fingerprint density at radius 2 is 1.81 bits per heavy atom. The monoisotopic (exact) mass is 413 g/mol. The second-order valence-corrected chi connectivity index (χ2v) is 7.56. The molecule has 0 atom stereocenters. The summed E-state index contributed by atoms with van der Waals surface area (Å²) in [6, 6.07) is 5.69. The van der Waals surface area contributed by atoms with E-state index in [1.165, 1.54) is 0 Å². The molecule has 1 heterocycles. The van der Waals surface area contributed by atoms with Crippen LogP contribution in [-0.2, 0) is 5.41 Å². The smallest absolute Gasteiger partial charge is 0.227 e. The van der Waals surface area contributed by atoms with Gasteiger partial charge in [-0.1, -0.05) is 36.7 Å². The van der Waals surface area contributed by atoms with Crippen molar-refractivity contribution in [3.05, 3.63) is 38.5 Å². The molecule has 0 radical (unpaired) electrons. The van der Waals surface area contributed by atoms with E-state index in [9.17, 15) is 0 Å². The summed E-state index contributed by atoms with van der Waals surface area (Å²) in [5, 5.41) is 0. The minimum atomic E-state index is -0.198. The summed E-state index contributed by atoms with van der Waals surface area (Å²) < 4.78 is 7.72. The van der Waals surface area contributed by atoms with Crippen LogP contribution in [0.25, 0.3) is 0 Å². The highest BCUT2D eigenvalue weighted by Gasteiger charge is 2.21. The minimum Gasteiger partial charge on any atom is -0.437 e. The Balaban J connectivity index is 2.46. The molecule has 2 aromatic rings. The fourth-order valence-electron chi connectivity index (χ4n) is 1.61. The number of hydrogen-bond donors (Lipinski definition) is 1. The number of ether oxygens (including phenoxy) is 1. The second kappa shape index (κ2) is 5.93. The summed E-state index contributed by atoms with van der Waals surface area (Å²) in [4.78, 5) is 8.87. The van der Waals surface area contributed by atoms with Gasteiger partial charge < -0.3 is 10.5 Å². The SMILES string of the molecule is Cc1c(N)nc(C(C)(C)C)nc1Oc1ccc(Br)cc1Br. The van der Waals surface area contributed by atoms with Crippen LogP contribution in [0.15, 0.2) is 27.1 Å². The van der Waals surface area contributed by atoms with E-state index in [4.69, 9.17) is 10.5 Å². The number of aromatic nitrogens is 2. The van der Waals surface area contributed by atoms with Crippen LogP contribution in [0.2, 0.25) is 0 Å². The van der Waals surface area contributed by atoms with Crippen LogP contribution >= 0.6 is 31.9 Å². The number of benzene rings is 1. The van der Waals surface area contributed by atoms with Crippen LogP contribution in [0.3, 0.4) is 0 Å². The normalized spacial score (nSPS) is 11.5. The van der Waals surface area contributed by atoms with Gasteiger partial charge in [0.25, 0.3) is 0 Å². The standard InChI is InChI=1S/C15H17Br2N3O/c1-8-12(18)19-14(15(2,3)4)20-13(8)21-11-6-5-9(16)7-10(11)17/h5-7H,1-4H3,(H2,18,19,20). The van der Waals surface area contributed by atoms with Gasteiger partial charge in [-0.25, -0.2) is 4.98 Å². The molecule has 6 heteroatoms. The molecule has 1 aromatic heterocycles. The third kappa shape index (κ3) is 3.74. The van der Waals surface area contributed by atoms with Gasteiger partial charge in [-0.15, -0.1) is 0 Å². The summed E-state index contributed by atoms with van der Waals surface area (Å²) in [6.45, 7) is 7.97. The lowest BCUT2D eigenvalue weighted by atomic mass is 9.95. The third-order valence-electron chi connectivity index (χ3n) is 2.91. The lowest BCUT2D eigenvalue weighted by molar-refractivity contribution is 0.440. The second-order valence-electron chi connectivity index (χ2n) is 5.79. The Morgan fingerprint density at radius 1 is 1.14 bits per heavy atom.